The SMILES string of the molecule is O=C(CSCc1cccc(Cl)c1)N1CC[C@@H]2CNC[C@@H]2CC1. The van der Waals surface area contributed by atoms with Crippen LogP contribution in [0.25, 0.3) is 0 Å². The second-order valence-corrected chi connectivity index (χ2v) is 7.68. The molecule has 5 heteroatoms. The van der Waals surface area contributed by atoms with Gasteiger partial charge in [0.1, 0.15) is 0 Å². The highest BCUT2D eigenvalue weighted by Crippen LogP contribution is 2.27. The molecule has 22 heavy (non-hydrogen) atoms. The molecule has 2 aliphatic rings. The summed E-state index contributed by atoms with van der Waals surface area (Å²) in [5.41, 5.74) is 1.18. The molecular formula is C17H23ClN2OS. The number of benzene rings is 1. The van der Waals surface area contributed by atoms with E-state index in [2.05, 4.69) is 16.3 Å². The van der Waals surface area contributed by atoms with E-state index in [0.29, 0.717) is 11.7 Å². The summed E-state index contributed by atoms with van der Waals surface area (Å²) in [6.07, 6.45) is 2.31. The lowest BCUT2D eigenvalue weighted by Crippen LogP contribution is -2.34. The Labute approximate surface area is 141 Å². The van der Waals surface area contributed by atoms with E-state index < -0.39 is 0 Å². The molecular weight excluding hydrogens is 316 g/mol. The molecule has 3 nitrogen and oxygen atoms in total. The summed E-state index contributed by atoms with van der Waals surface area (Å²) < 4.78 is 0. The number of hydrogen-bond donors (Lipinski definition) is 1. The number of halogens is 1. The van der Waals surface area contributed by atoms with Crippen LogP contribution < -0.4 is 5.32 Å². The third-order valence-electron chi connectivity index (χ3n) is 4.76. The number of likely N-dealkylation sites (tertiary alicyclic amines) is 1. The van der Waals surface area contributed by atoms with E-state index >= 15 is 0 Å². The Hall–Kier alpha value is -0.710. The van der Waals surface area contributed by atoms with E-state index in [0.717, 1.165) is 61.6 Å². The van der Waals surface area contributed by atoms with Gasteiger partial charge in [-0.2, -0.15) is 0 Å². The van der Waals surface area contributed by atoms with Crippen molar-refractivity contribution in [2.75, 3.05) is 31.9 Å². The van der Waals surface area contributed by atoms with Gasteiger partial charge in [-0.3, -0.25) is 4.79 Å². The quantitative estimate of drug-likeness (QED) is 0.915. The minimum atomic E-state index is 0.292. The van der Waals surface area contributed by atoms with Gasteiger partial charge in [-0.05, 0) is 55.5 Å². The van der Waals surface area contributed by atoms with Crippen LogP contribution in [0.15, 0.2) is 24.3 Å². The van der Waals surface area contributed by atoms with Gasteiger partial charge in [-0.1, -0.05) is 23.7 Å². The number of thioether (sulfide) groups is 1. The Bertz CT molecular complexity index is 511. The summed E-state index contributed by atoms with van der Waals surface area (Å²) in [6, 6.07) is 7.87. The fourth-order valence-corrected chi connectivity index (χ4v) is 4.53. The maximum absolute atomic E-state index is 12.4. The van der Waals surface area contributed by atoms with Crippen LogP contribution in [0.4, 0.5) is 0 Å². The van der Waals surface area contributed by atoms with Crippen LogP contribution in [0.3, 0.4) is 0 Å². The molecule has 1 aromatic rings. The van der Waals surface area contributed by atoms with Crippen LogP contribution in [0.2, 0.25) is 5.02 Å². The molecule has 2 aliphatic heterocycles. The van der Waals surface area contributed by atoms with Crippen molar-refractivity contribution < 1.29 is 4.79 Å². The van der Waals surface area contributed by atoms with E-state index in [1.807, 2.05) is 18.2 Å². The van der Waals surface area contributed by atoms with Gasteiger partial charge in [0.25, 0.3) is 0 Å². The van der Waals surface area contributed by atoms with Gasteiger partial charge in [-0.25, -0.2) is 0 Å². The molecule has 0 aromatic heterocycles. The van der Waals surface area contributed by atoms with Crippen LogP contribution in [0, 0.1) is 11.8 Å². The van der Waals surface area contributed by atoms with Crippen molar-refractivity contribution in [1.29, 1.82) is 0 Å². The number of carbonyl (C=O) groups excluding carboxylic acids is 1. The highest BCUT2D eigenvalue weighted by molar-refractivity contribution is 7.99. The molecule has 0 saturated carbocycles. The Morgan fingerprint density at radius 2 is 2.00 bits per heavy atom. The second-order valence-electron chi connectivity index (χ2n) is 6.26. The van der Waals surface area contributed by atoms with Crippen molar-refractivity contribution in [3.8, 4) is 0 Å². The van der Waals surface area contributed by atoms with Crippen molar-refractivity contribution in [2.24, 2.45) is 11.8 Å². The summed E-state index contributed by atoms with van der Waals surface area (Å²) >= 11 is 7.67. The van der Waals surface area contributed by atoms with Crippen LogP contribution >= 0.6 is 23.4 Å². The van der Waals surface area contributed by atoms with E-state index in [1.54, 1.807) is 11.8 Å². The fourth-order valence-electron chi connectivity index (χ4n) is 3.44. The van der Waals surface area contributed by atoms with Crippen LogP contribution in [0.5, 0.6) is 0 Å². The lowest BCUT2D eigenvalue weighted by molar-refractivity contribution is -0.128. The standard InChI is InChI=1S/C17H23ClN2OS/c18-16-3-1-2-13(8-16)11-22-12-17(21)20-6-4-14-9-19-10-15(14)5-7-20/h1-3,8,14-15,19H,4-7,9-12H2/t14-,15+. The molecule has 1 N–H and O–H groups in total. The van der Waals surface area contributed by atoms with E-state index in [-0.39, 0.29) is 0 Å². The highest BCUT2D eigenvalue weighted by atomic mass is 35.5. The average molecular weight is 339 g/mol. The number of nitrogens with one attached hydrogen (secondary N) is 1. The Morgan fingerprint density at radius 1 is 1.27 bits per heavy atom. The first-order valence-electron chi connectivity index (χ1n) is 8.03. The van der Waals surface area contributed by atoms with Crippen molar-refractivity contribution in [2.45, 2.75) is 18.6 Å². The van der Waals surface area contributed by atoms with Crippen molar-refractivity contribution >= 4 is 29.3 Å². The van der Waals surface area contributed by atoms with Gasteiger partial charge < -0.3 is 10.2 Å². The number of carbonyl (C=O) groups is 1. The zero-order valence-electron chi connectivity index (χ0n) is 12.8. The van der Waals surface area contributed by atoms with Gasteiger partial charge in [-0.15, -0.1) is 11.8 Å². The van der Waals surface area contributed by atoms with E-state index in [4.69, 9.17) is 11.6 Å². The topological polar surface area (TPSA) is 32.3 Å². The third-order valence-corrected chi connectivity index (χ3v) is 5.98. The largest absolute Gasteiger partial charge is 0.342 e. The van der Waals surface area contributed by atoms with Gasteiger partial charge in [0.15, 0.2) is 0 Å². The predicted octanol–water partition coefficient (Wildman–Crippen LogP) is 3.03. The van der Waals surface area contributed by atoms with Gasteiger partial charge in [0, 0.05) is 23.9 Å². The number of amides is 1. The number of rotatable bonds is 4. The van der Waals surface area contributed by atoms with Crippen LogP contribution in [-0.4, -0.2) is 42.7 Å². The lowest BCUT2D eigenvalue weighted by Gasteiger charge is -2.20. The first-order valence-corrected chi connectivity index (χ1v) is 9.56. The zero-order valence-corrected chi connectivity index (χ0v) is 14.3. The maximum Gasteiger partial charge on any atom is 0.232 e. The molecule has 1 amide bonds. The molecule has 0 aliphatic carbocycles. The van der Waals surface area contributed by atoms with Crippen molar-refractivity contribution in [1.82, 2.24) is 10.2 Å². The normalized spacial score (nSPS) is 24.9. The van der Waals surface area contributed by atoms with Gasteiger partial charge in [0.2, 0.25) is 5.91 Å². The van der Waals surface area contributed by atoms with E-state index in [1.165, 1.54) is 5.56 Å². The summed E-state index contributed by atoms with van der Waals surface area (Å²) in [4.78, 5) is 14.5. The molecule has 1 aromatic carbocycles. The van der Waals surface area contributed by atoms with Gasteiger partial charge in [0.05, 0.1) is 5.75 Å². The van der Waals surface area contributed by atoms with Gasteiger partial charge >= 0.3 is 0 Å². The maximum atomic E-state index is 12.4. The molecule has 3 rings (SSSR count). The molecule has 2 saturated heterocycles. The highest BCUT2D eigenvalue weighted by Gasteiger charge is 2.31. The molecule has 2 fully saturated rings. The second kappa shape index (κ2) is 7.71. The molecule has 0 unspecified atom stereocenters. The minimum Gasteiger partial charge on any atom is -0.342 e. The molecule has 0 spiro atoms. The first-order chi connectivity index (χ1) is 10.7. The average Bonchev–Trinajstić information content (AvgIpc) is 2.86. The summed E-state index contributed by atoms with van der Waals surface area (Å²) in [5, 5.41) is 4.24. The smallest absolute Gasteiger partial charge is 0.232 e. The van der Waals surface area contributed by atoms with E-state index in [9.17, 15) is 4.79 Å². The molecule has 2 heterocycles. The molecule has 0 bridgehead atoms. The Kier molecular flexibility index (Phi) is 5.66. The fraction of sp³-hybridized carbons (Fsp3) is 0.588. The minimum absolute atomic E-state index is 0.292. The molecule has 120 valence electrons. The monoisotopic (exact) mass is 338 g/mol. The van der Waals surface area contributed by atoms with Crippen molar-refractivity contribution in [3.05, 3.63) is 34.9 Å². The van der Waals surface area contributed by atoms with Crippen LogP contribution in [0.1, 0.15) is 18.4 Å². The Balaban J connectivity index is 1.44. The summed E-state index contributed by atoms with van der Waals surface area (Å²) in [5.74, 6) is 3.25. The lowest BCUT2D eigenvalue weighted by atomic mass is 9.92. The Morgan fingerprint density at radius 3 is 2.68 bits per heavy atom. The summed E-state index contributed by atoms with van der Waals surface area (Å²) in [6.45, 7) is 4.13. The third kappa shape index (κ3) is 4.18. The first kappa shape index (κ1) is 16.2. The zero-order chi connectivity index (χ0) is 15.4. The predicted molar refractivity (Wildman–Crippen MR) is 93.3 cm³/mol. The molecule has 0 radical (unpaired) electrons. The number of fused-ring (bicyclic) bond motifs is 1. The summed E-state index contributed by atoms with van der Waals surface area (Å²) in [7, 11) is 0. The number of nitrogens with zero attached hydrogens (tertiary/aromatic N) is 1. The number of hydrogen-bond acceptors (Lipinski definition) is 3. The van der Waals surface area contributed by atoms with Crippen LogP contribution in [-0.2, 0) is 10.5 Å². The van der Waals surface area contributed by atoms with Crippen molar-refractivity contribution in [3.63, 3.8) is 0 Å². The molecule has 2 atom stereocenters.